The third-order valence-electron chi connectivity index (χ3n) is 3.04. The Morgan fingerprint density at radius 2 is 2.35 bits per heavy atom. The van der Waals surface area contributed by atoms with E-state index in [0.29, 0.717) is 24.3 Å². The maximum Gasteiger partial charge on any atom is 0.321 e. The first-order valence-electron chi connectivity index (χ1n) is 6.48. The number of urea groups is 1. The Labute approximate surface area is 118 Å². The van der Waals surface area contributed by atoms with Crippen LogP contribution < -0.4 is 5.32 Å². The predicted octanol–water partition coefficient (Wildman–Crippen LogP) is 1.66. The summed E-state index contributed by atoms with van der Waals surface area (Å²) < 4.78 is 0. The predicted molar refractivity (Wildman–Crippen MR) is 74.9 cm³/mol. The van der Waals surface area contributed by atoms with Gasteiger partial charge in [-0.3, -0.25) is 4.84 Å². The van der Waals surface area contributed by atoms with Crippen LogP contribution >= 0.6 is 0 Å². The second-order valence-corrected chi connectivity index (χ2v) is 4.90. The van der Waals surface area contributed by atoms with E-state index >= 15 is 0 Å². The van der Waals surface area contributed by atoms with Crippen molar-refractivity contribution in [2.75, 3.05) is 32.5 Å². The van der Waals surface area contributed by atoms with Crippen LogP contribution in [0.3, 0.4) is 0 Å². The molecule has 1 fully saturated rings. The van der Waals surface area contributed by atoms with E-state index < -0.39 is 0 Å². The highest BCUT2D eigenvalue weighted by Gasteiger charge is 2.27. The molecule has 1 heterocycles. The molecule has 1 aliphatic rings. The summed E-state index contributed by atoms with van der Waals surface area (Å²) in [6.07, 6.45) is 0.866. The van der Waals surface area contributed by atoms with Crippen molar-refractivity contribution < 1.29 is 9.63 Å². The van der Waals surface area contributed by atoms with E-state index in [-0.39, 0.29) is 12.1 Å². The van der Waals surface area contributed by atoms with Gasteiger partial charge >= 0.3 is 6.03 Å². The molecule has 1 atom stereocenters. The van der Waals surface area contributed by atoms with Gasteiger partial charge in [0.15, 0.2) is 0 Å². The molecule has 0 aliphatic carbocycles. The van der Waals surface area contributed by atoms with Crippen LogP contribution in [0.5, 0.6) is 0 Å². The lowest BCUT2D eigenvalue weighted by atomic mass is 10.2. The Hall–Kier alpha value is -2.10. The third kappa shape index (κ3) is 3.70. The molecule has 0 unspecified atom stereocenters. The van der Waals surface area contributed by atoms with Crippen LogP contribution in [0, 0.1) is 11.3 Å². The molecule has 1 saturated heterocycles. The quantitative estimate of drug-likeness (QED) is 0.851. The molecule has 106 valence electrons. The molecule has 0 bridgehead atoms. The number of carbonyl (C=O) groups excluding carboxylic acids is 1. The molecular formula is C14H18N4O2. The summed E-state index contributed by atoms with van der Waals surface area (Å²) in [6, 6.07) is 8.75. The van der Waals surface area contributed by atoms with Crippen LogP contribution in [-0.2, 0) is 4.84 Å². The lowest BCUT2D eigenvalue weighted by molar-refractivity contribution is -0.158. The molecule has 1 aliphatic heterocycles. The summed E-state index contributed by atoms with van der Waals surface area (Å²) >= 11 is 0. The Kier molecular flexibility index (Phi) is 4.56. The number of rotatable bonds is 3. The van der Waals surface area contributed by atoms with Crippen molar-refractivity contribution in [2.24, 2.45) is 0 Å². The Morgan fingerprint density at radius 3 is 3.05 bits per heavy atom. The van der Waals surface area contributed by atoms with Crippen molar-refractivity contribution in [1.29, 1.82) is 5.26 Å². The second kappa shape index (κ2) is 6.37. The van der Waals surface area contributed by atoms with E-state index in [1.54, 1.807) is 34.2 Å². The standard InChI is InChI=1S/C14H18N4O2/c1-17(2)20-13-6-7-18(10-13)14(19)16-12-5-3-4-11(8-12)9-15/h3-5,8,13H,6-7,10H2,1-2H3,(H,16,19)/t13-/m1/s1. The van der Waals surface area contributed by atoms with Crippen LogP contribution in [0.15, 0.2) is 24.3 Å². The number of nitrogens with zero attached hydrogens (tertiary/aromatic N) is 3. The molecule has 2 rings (SSSR count). The number of anilines is 1. The van der Waals surface area contributed by atoms with Crippen molar-refractivity contribution in [1.82, 2.24) is 9.96 Å². The van der Waals surface area contributed by atoms with Crippen molar-refractivity contribution >= 4 is 11.7 Å². The summed E-state index contributed by atoms with van der Waals surface area (Å²) in [6.45, 7) is 1.24. The average Bonchev–Trinajstić information content (AvgIpc) is 2.86. The first kappa shape index (κ1) is 14.3. The van der Waals surface area contributed by atoms with Gasteiger partial charge in [-0.15, -0.1) is 0 Å². The zero-order chi connectivity index (χ0) is 14.5. The molecular weight excluding hydrogens is 256 g/mol. The maximum atomic E-state index is 12.1. The van der Waals surface area contributed by atoms with E-state index in [1.165, 1.54) is 0 Å². The van der Waals surface area contributed by atoms with Crippen molar-refractivity contribution in [3.63, 3.8) is 0 Å². The highest BCUT2D eigenvalue weighted by molar-refractivity contribution is 5.89. The van der Waals surface area contributed by atoms with E-state index in [1.807, 2.05) is 20.2 Å². The molecule has 1 aromatic rings. The van der Waals surface area contributed by atoms with Gasteiger partial charge in [-0.2, -0.15) is 10.3 Å². The fourth-order valence-electron chi connectivity index (χ4n) is 2.17. The van der Waals surface area contributed by atoms with Gasteiger partial charge in [0.25, 0.3) is 0 Å². The number of hydrogen-bond donors (Lipinski definition) is 1. The summed E-state index contributed by atoms with van der Waals surface area (Å²) in [4.78, 5) is 19.4. The molecule has 0 spiro atoms. The lowest BCUT2D eigenvalue weighted by Crippen LogP contribution is -2.35. The molecule has 2 amide bonds. The second-order valence-electron chi connectivity index (χ2n) is 4.90. The van der Waals surface area contributed by atoms with Crippen molar-refractivity contribution in [3.8, 4) is 6.07 Å². The molecule has 20 heavy (non-hydrogen) atoms. The summed E-state index contributed by atoms with van der Waals surface area (Å²) in [5, 5.41) is 13.3. The van der Waals surface area contributed by atoms with Crippen LogP contribution in [0.1, 0.15) is 12.0 Å². The number of nitrogens with one attached hydrogen (secondary N) is 1. The minimum Gasteiger partial charge on any atom is -0.322 e. The first-order chi connectivity index (χ1) is 9.58. The van der Waals surface area contributed by atoms with Gasteiger partial charge in [0.1, 0.15) is 0 Å². The molecule has 0 radical (unpaired) electrons. The number of hydrogen-bond acceptors (Lipinski definition) is 4. The fourth-order valence-corrected chi connectivity index (χ4v) is 2.17. The van der Waals surface area contributed by atoms with E-state index in [9.17, 15) is 4.79 Å². The number of nitriles is 1. The number of likely N-dealkylation sites (tertiary alicyclic amines) is 1. The largest absolute Gasteiger partial charge is 0.322 e. The van der Waals surface area contributed by atoms with Crippen LogP contribution in [0.4, 0.5) is 10.5 Å². The number of benzene rings is 1. The van der Waals surface area contributed by atoms with Crippen molar-refractivity contribution in [3.05, 3.63) is 29.8 Å². The summed E-state index contributed by atoms with van der Waals surface area (Å²) in [7, 11) is 3.66. The fraction of sp³-hybridized carbons (Fsp3) is 0.429. The van der Waals surface area contributed by atoms with Gasteiger partial charge in [0.2, 0.25) is 0 Å². The van der Waals surface area contributed by atoms with E-state index in [0.717, 1.165) is 6.42 Å². The monoisotopic (exact) mass is 274 g/mol. The molecule has 1 aromatic carbocycles. The molecule has 0 aromatic heterocycles. The molecule has 6 nitrogen and oxygen atoms in total. The zero-order valence-electron chi connectivity index (χ0n) is 11.7. The first-order valence-corrected chi connectivity index (χ1v) is 6.48. The summed E-state index contributed by atoms with van der Waals surface area (Å²) in [5.74, 6) is 0. The van der Waals surface area contributed by atoms with Gasteiger partial charge in [-0.05, 0) is 24.6 Å². The summed E-state index contributed by atoms with van der Waals surface area (Å²) in [5.41, 5.74) is 1.16. The highest BCUT2D eigenvalue weighted by Crippen LogP contribution is 2.16. The SMILES string of the molecule is CN(C)O[C@@H]1CCN(C(=O)Nc2cccc(C#N)c2)C1. The van der Waals surface area contributed by atoms with Gasteiger partial charge in [-0.25, -0.2) is 4.79 Å². The Morgan fingerprint density at radius 1 is 1.55 bits per heavy atom. The van der Waals surface area contributed by atoms with Gasteiger partial charge in [-0.1, -0.05) is 6.07 Å². The van der Waals surface area contributed by atoms with E-state index in [4.69, 9.17) is 10.1 Å². The smallest absolute Gasteiger partial charge is 0.321 e. The highest BCUT2D eigenvalue weighted by atomic mass is 16.7. The minimum atomic E-state index is -0.162. The Balaban J connectivity index is 1.91. The van der Waals surface area contributed by atoms with E-state index in [2.05, 4.69) is 5.32 Å². The normalized spacial score (nSPS) is 18.1. The lowest BCUT2D eigenvalue weighted by Gasteiger charge is -2.19. The number of amides is 2. The van der Waals surface area contributed by atoms with Crippen LogP contribution in [0.25, 0.3) is 0 Å². The van der Waals surface area contributed by atoms with Gasteiger partial charge in [0.05, 0.1) is 24.3 Å². The van der Waals surface area contributed by atoms with Gasteiger partial charge in [0, 0.05) is 26.3 Å². The average molecular weight is 274 g/mol. The zero-order valence-corrected chi connectivity index (χ0v) is 11.7. The number of carbonyl (C=O) groups is 1. The maximum absolute atomic E-state index is 12.1. The molecule has 0 saturated carbocycles. The van der Waals surface area contributed by atoms with Crippen LogP contribution in [0.2, 0.25) is 0 Å². The Bertz CT molecular complexity index is 524. The molecule has 6 heteroatoms. The number of hydroxylamine groups is 2. The topological polar surface area (TPSA) is 68.6 Å². The third-order valence-corrected chi connectivity index (χ3v) is 3.04. The van der Waals surface area contributed by atoms with Crippen molar-refractivity contribution in [2.45, 2.75) is 12.5 Å². The van der Waals surface area contributed by atoms with Crippen LogP contribution in [-0.4, -0.2) is 49.3 Å². The van der Waals surface area contributed by atoms with Gasteiger partial charge < -0.3 is 10.2 Å². The molecule has 1 N–H and O–H groups in total. The minimum absolute atomic E-state index is 0.0428.